The fraction of sp³-hybridized carbons (Fsp3) is 0.267. The topological polar surface area (TPSA) is 47.3 Å². The third-order valence-corrected chi connectivity index (χ3v) is 4.12. The van der Waals surface area contributed by atoms with E-state index in [4.69, 9.17) is 9.15 Å². The molecular formula is C15H15FN2O2S. The number of rotatable bonds is 6. The van der Waals surface area contributed by atoms with Gasteiger partial charge in [-0.3, -0.25) is 0 Å². The van der Waals surface area contributed by atoms with E-state index in [0.29, 0.717) is 19.0 Å². The first kappa shape index (κ1) is 14.2. The molecule has 1 N–H and O–H groups in total. The highest BCUT2D eigenvalue weighted by Gasteiger charge is 2.11. The summed E-state index contributed by atoms with van der Waals surface area (Å²) in [6, 6.07) is 6.72. The lowest BCUT2D eigenvalue weighted by Gasteiger charge is -1.99. The van der Waals surface area contributed by atoms with E-state index < -0.39 is 0 Å². The van der Waals surface area contributed by atoms with Gasteiger partial charge in [0.15, 0.2) is 0 Å². The van der Waals surface area contributed by atoms with Crippen molar-refractivity contribution in [1.82, 2.24) is 10.3 Å². The second kappa shape index (κ2) is 6.34. The summed E-state index contributed by atoms with van der Waals surface area (Å²) in [7, 11) is 1.67. The highest BCUT2D eigenvalue weighted by Crippen LogP contribution is 2.33. The molecule has 3 rings (SSSR count). The second-order valence-electron chi connectivity index (χ2n) is 4.61. The van der Waals surface area contributed by atoms with E-state index in [1.807, 2.05) is 6.07 Å². The Morgan fingerprint density at radius 1 is 1.38 bits per heavy atom. The van der Waals surface area contributed by atoms with Gasteiger partial charge in [-0.15, -0.1) is 11.3 Å². The number of ether oxygens (including phenoxy) is 1. The van der Waals surface area contributed by atoms with E-state index in [1.165, 1.54) is 23.5 Å². The molecule has 0 atom stereocenters. The van der Waals surface area contributed by atoms with Crippen molar-refractivity contribution in [3.63, 3.8) is 0 Å². The molecule has 0 spiro atoms. The summed E-state index contributed by atoms with van der Waals surface area (Å²) in [5, 5.41) is 4.20. The van der Waals surface area contributed by atoms with Crippen LogP contribution in [-0.4, -0.2) is 25.2 Å². The minimum atomic E-state index is -0.230. The molecule has 0 aliphatic heterocycles. The van der Waals surface area contributed by atoms with Crippen LogP contribution in [0.25, 0.3) is 20.9 Å². The van der Waals surface area contributed by atoms with Crippen molar-refractivity contribution in [2.45, 2.75) is 6.54 Å². The summed E-state index contributed by atoms with van der Waals surface area (Å²) < 4.78 is 24.6. The predicted molar refractivity (Wildman–Crippen MR) is 80.9 cm³/mol. The van der Waals surface area contributed by atoms with Gasteiger partial charge >= 0.3 is 0 Å². The minimum absolute atomic E-state index is 0.230. The average molecular weight is 306 g/mol. The van der Waals surface area contributed by atoms with Crippen LogP contribution in [0.15, 0.2) is 34.9 Å². The van der Waals surface area contributed by atoms with Crippen molar-refractivity contribution in [2.24, 2.45) is 0 Å². The molecule has 0 aliphatic rings. The van der Waals surface area contributed by atoms with Gasteiger partial charge in [0.2, 0.25) is 5.89 Å². The summed E-state index contributed by atoms with van der Waals surface area (Å²) >= 11 is 1.47. The molecule has 0 unspecified atom stereocenters. The van der Waals surface area contributed by atoms with Crippen molar-refractivity contribution in [1.29, 1.82) is 0 Å². The highest BCUT2D eigenvalue weighted by molar-refractivity contribution is 7.22. The van der Waals surface area contributed by atoms with Gasteiger partial charge in [0.05, 0.1) is 17.2 Å². The van der Waals surface area contributed by atoms with Crippen LogP contribution >= 0.6 is 11.3 Å². The van der Waals surface area contributed by atoms with Gasteiger partial charge in [0.25, 0.3) is 0 Å². The summed E-state index contributed by atoms with van der Waals surface area (Å²) in [5.41, 5.74) is 0.838. The van der Waals surface area contributed by atoms with Gasteiger partial charge in [0.1, 0.15) is 12.1 Å². The Balaban J connectivity index is 1.75. The van der Waals surface area contributed by atoms with Crippen molar-refractivity contribution < 1.29 is 13.5 Å². The molecule has 1 aromatic carbocycles. The Labute approximate surface area is 125 Å². The van der Waals surface area contributed by atoms with E-state index in [1.54, 1.807) is 19.4 Å². The van der Waals surface area contributed by atoms with Gasteiger partial charge in [-0.25, -0.2) is 9.37 Å². The third-order valence-electron chi connectivity index (χ3n) is 3.03. The fourth-order valence-electron chi connectivity index (χ4n) is 2.00. The van der Waals surface area contributed by atoms with E-state index in [2.05, 4.69) is 10.3 Å². The number of aromatic nitrogens is 1. The van der Waals surface area contributed by atoms with Crippen LogP contribution in [0.5, 0.6) is 0 Å². The van der Waals surface area contributed by atoms with Gasteiger partial charge in [-0.2, -0.15) is 0 Å². The second-order valence-corrected chi connectivity index (χ2v) is 5.69. The van der Waals surface area contributed by atoms with Crippen molar-refractivity contribution in [2.75, 3.05) is 20.3 Å². The van der Waals surface area contributed by atoms with Crippen molar-refractivity contribution in [3.8, 4) is 10.8 Å². The molecule has 0 aliphatic carbocycles. The molecule has 21 heavy (non-hydrogen) atoms. The van der Waals surface area contributed by atoms with Gasteiger partial charge < -0.3 is 14.5 Å². The molecule has 4 nitrogen and oxygen atoms in total. The Bertz CT molecular complexity index is 738. The monoisotopic (exact) mass is 306 g/mol. The molecule has 2 aromatic heterocycles. The molecule has 3 aromatic rings. The zero-order chi connectivity index (χ0) is 14.7. The van der Waals surface area contributed by atoms with Crippen LogP contribution in [0.4, 0.5) is 4.39 Å². The third kappa shape index (κ3) is 3.29. The van der Waals surface area contributed by atoms with E-state index in [9.17, 15) is 4.39 Å². The maximum atomic E-state index is 13.2. The highest BCUT2D eigenvalue weighted by atomic mass is 32.1. The van der Waals surface area contributed by atoms with E-state index in [-0.39, 0.29) is 5.82 Å². The lowest BCUT2D eigenvalue weighted by Crippen LogP contribution is -2.18. The smallest absolute Gasteiger partial charge is 0.236 e. The lowest BCUT2D eigenvalue weighted by atomic mass is 10.2. The number of thiophene rings is 1. The standard InChI is InChI=1S/C15H15FN2O2S/c1-19-5-4-17-8-12-9-20-15(18-12)14-6-10-2-3-11(16)7-13(10)21-14/h2-3,6-7,9,17H,4-5,8H2,1H3. The molecule has 0 saturated carbocycles. The van der Waals surface area contributed by atoms with Crippen molar-refractivity contribution in [3.05, 3.63) is 42.0 Å². The van der Waals surface area contributed by atoms with Crippen LogP contribution in [0.2, 0.25) is 0 Å². The van der Waals surface area contributed by atoms with Gasteiger partial charge in [-0.05, 0) is 23.6 Å². The number of hydrogen-bond acceptors (Lipinski definition) is 5. The number of nitrogens with zero attached hydrogens (tertiary/aromatic N) is 1. The molecule has 0 saturated heterocycles. The molecular weight excluding hydrogens is 291 g/mol. The summed E-state index contributed by atoms with van der Waals surface area (Å²) in [5.74, 6) is 0.339. The van der Waals surface area contributed by atoms with Crippen LogP contribution in [0, 0.1) is 5.82 Å². The molecule has 110 valence electrons. The normalized spacial score (nSPS) is 11.3. The van der Waals surface area contributed by atoms with Gasteiger partial charge in [0, 0.05) is 24.9 Å². The number of oxazole rings is 1. The fourth-order valence-corrected chi connectivity index (χ4v) is 3.02. The molecule has 0 bridgehead atoms. The van der Waals surface area contributed by atoms with Crippen LogP contribution < -0.4 is 5.32 Å². The van der Waals surface area contributed by atoms with Crippen LogP contribution in [0.1, 0.15) is 5.69 Å². The number of benzene rings is 1. The van der Waals surface area contributed by atoms with Crippen LogP contribution in [0.3, 0.4) is 0 Å². The van der Waals surface area contributed by atoms with Crippen molar-refractivity contribution >= 4 is 21.4 Å². The summed E-state index contributed by atoms with van der Waals surface area (Å²) in [6.07, 6.45) is 1.64. The number of hydrogen-bond donors (Lipinski definition) is 1. The number of fused-ring (bicyclic) bond motifs is 1. The lowest BCUT2D eigenvalue weighted by molar-refractivity contribution is 0.199. The summed E-state index contributed by atoms with van der Waals surface area (Å²) in [6.45, 7) is 2.06. The predicted octanol–water partition coefficient (Wildman–Crippen LogP) is 3.43. The maximum absolute atomic E-state index is 13.2. The molecule has 0 radical (unpaired) electrons. The molecule has 2 heterocycles. The molecule has 6 heteroatoms. The Morgan fingerprint density at radius 2 is 2.29 bits per heavy atom. The average Bonchev–Trinajstić information content (AvgIpc) is 3.09. The zero-order valence-corrected chi connectivity index (χ0v) is 12.4. The zero-order valence-electron chi connectivity index (χ0n) is 11.6. The first-order valence-electron chi connectivity index (χ1n) is 6.60. The first-order chi connectivity index (χ1) is 10.3. The number of halogens is 1. The first-order valence-corrected chi connectivity index (χ1v) is 7.41. The maximum Gasteiger partial charge on any atom is 0.236 e. The Kier molecular flexibility index (Phi) is 4.28. The largest absolute Gasteiger partial charge is 0.444 e. The SMILES string of the molecule is COCCNCc1coc(-c2cc3ccc(F)cc3s2)n1. The quantitative estimate of drug-likeness (QED) is 0.709. The van der Waals surface area contributed by atoms with E-state index in [0.717, 1.165) is 27.2 Å². The minimum Gasteiger partial charge on any atom is -0.444 e. The Hall–Kier alpha value is -1.76. The van der Waals surface area contributed by atoms with E-state index >= 15 is 0 Å². The molecule has 0 amide bonds. The van der Waals surface area contributed by atoms with Crippen LogP contribution in [-0.2, 0) is 11.3 Å². The number of methoxy groups -OCH3 is 1. The molecule has 0 fully saturated rings. The number of nitrogens with one attached hydrogen (secondary N) is 1. The van der Waals surface area contributed by atoms with Gasteiger partial charge in [-0.1, -0.05) is 6.07 Å². The summed E-state index contributed by atoms with van der Waals surface area (Å²) in [4.78, 5) is 5.34. The Morgan fingerprint density at radius 3 is 3.14 bits per heavy atom.